The Morgan fingerprint density at radius 1 is 0.818 bits per heavy atom. The predicted molar refractivity (Wildman–Crippen MR) is 118 cm³/mol. The molecular weight excluding hydrogens is 460 g/mol. The molecule has 4 atom stereocenters. The maximum absolute atomic E-state index is 12.8. The number of thioether (sulfide) groups is 1. The minimum absolute atomic E-state index is 0.121. The topological polar surface area (TPSA) is 225 Å². The lowest BCUT2D eigenvalue weighted by Gasteiger charge is -2.25. The van der Waals surface area contributed by atoms with E-state index in [-0.39, 0.29) is 12.8 Å². The molecule has 0 aliphatic carbocycles. The zero-order valence-corrected chi connectivity index (χ0v) is 19.5. The molecule has 4 unspecified atom stereocenters. The molecule has 0 aliphatic heterocycles. The van der Waals surface area contributed by atoms with Crippen LogP contribution >= 0.6 is 11.8 Å². The maximum Gasteiger partial charge on any atom is 0.326 e. The van der Waals surface area contributed by atoms with Gasteiger partial charge in [-0.2, -0.15) is 11.8 Å². The first-order chi connectivity index (χ1) is 15.3. The summed E-state index contributed by atoms with van der Waals surface area (Å²) in [5, 5.41) is 34.0. The van der Waals surface area contributed by atoms with Gasteiger partial charge in [0.05, 0.1) is 12.5 Å². The van der Waals surface area contributed by atoms with Crippen molar-refractivity contribution in [1.29, 1.82) is 0 Å². The van der Waals surface area contributed by atoms with Gasteiger partial charge in [0.25, 0.3) is 0 Å². The second-order valence-corrected chi connectivity index (χ2v) is 8.59. The Kier molecular flexibility index (Phi) is 13.7. The second kappa shape index (κ2) is 15.1. The highest BCUT2D eigenvalue weighted by Crippen LogP contribution is 2.07. The highest BCUT2D eigenvalue weighted by Gasteiger charge is 2.31. The molecule has 0 aromatic heterocycles. The van der Waals surface area contributed by atoms with Crippen LogP contribution < -0.4 is 21.7 Å². The summed E-state index contributed by atoms with van der Waals surface area (Å²) in [4.78, 5) is 70.7. The van der Waals surface area contributed by atoms with Gasteiger partial charge in [0.1, 0.15) is 18.1 Å². The van der Waals surface area contributed by atoms with E-state index in [0.717, 1.165) is 0 Å². The standard InChI is InChI=1S/C19H32N4O9S/c1-9(2)15(19(31)32)23-18(30)11(4-5-13(24)25)22-17(29)12(6-7-33-3)21-16(28)10(20)8-14(26)27/h9-12,15H,4-8,20H2,1-3H3,(H,21,28)(H,22,29)(H,23,30)(H,24,25)(H,26,27)(H,31,32). The van der Waals surface area contributed by atoms with Crippen molar-refractivity contribution in [3.63, 3.8) is 0 Å². The molecule has 0 fully saturated rings. The van der Waals surface area contributed by atoms with Gasteiger partial charge in [-0.3, -0.25) is 24.0 Å². The third-order valence-corrected chi connectivity index (χ3v) is 5.13. The molecule has 0 bridgehead atoms. The van der Waals surface area contributed by atoms with E-state index in [4.69, 9.17) is 15.9 Å². The molecule has 0 aliphatic rings. The molecule has 13 nitrogen and oxygen atoms in total. The van der Waals surface area contributed by atoms with Crippen molar-refractivity contribution >= 4 is 47.4 Å². The largest absolute Gasteiger partial charge is 0.481 e. The van der Waals surface area contributed by atoms with Gasteiger partial charge in [-0.15, -0.1) is 0 Å². The van der Waals surface area contributed by atoms with E-state index in [1.807, 2.05) is 0 Å². The van der Waals surface area contributed by atoms with E-state index < -0.39 is 78.6 Å². The van der Waals surface area contributed by atoms with E-state index >= 15 is 0 Å². The number of carbonyl (C=O) groups is 6. The molecule has 0 saturated heterocycles. The number of amides is 3. The van der Waals surface area contributed by atoms with Crippen LogP contribution in [0, 0.1) is 5.92 Å². The zero-order valence-electron chi connectivity index (χ0n) is 18.7. The summed E-state index contributed by atoms with van der Waals surface area (Å²) in [5.74, 6) is -6.46. The van der Waals surface area contributed by atoms with Crippen molar-refractivity contribution in [2.45, 2.75) is 63.7 Å². The van der Waals surface area contributed by atoms with Gasteiger partial charge >= 0.3 is 17.9 Å². The average molecular weight is 493 g/mol. The van der Waals surface area contributed by atoms with Crippen LogP contribution in [-0.4, -0.2) is 87.1 Å². The first-order valence-electron chi connectivity index (χ1n) is 10.1. The number of hydrogen-bond donors (Lipinski definition) is 7. The Labute approximate surface area is 195 Å². The quantitative estimate of drug-likeness (QED) is 0.133. The lowest BCUT2D eigenvalue weighted by atomic mass is 10.0. The average Bonchev–Trinajstić information content (AvgIpc) is 2.70. The number of nitrogens with one attached hydrogen (secondary N) is 3. The van der Waals surface area contributed by atoms with Crippen LogP contribution in [0.2, 0.25) is 0 Å². The molecule has 0 aromatic rings. The molecular formula is C19H32N4O9S. The fraction of sp³-hybridized carbons (Fsp3) is 0.684. The van der Waals surface area contributed by atoms with Gasteiger partial charge in [0.2, 0.25) is 17.7 Å². The fourth-order valence-corrected chi connectivity index (χ4v) is 3.11. The molecule has 188 valence electrons. The van der Waals surface area contributed by atoms with Crippen LogP contribution in [0.5, 0.6) is 0 Å². The zero-order chi connectivity index (χ0) is 25.7. The Balaban J connectivity index is 5.53. The Bertz CT molecular complexity index is 732. The van der Waals surface area contributed by atoms with Crippen LogP contribution in [0.3, 0.4) is 0 Å². The Morgan fingerprint density at radius 3 is 1.79 bits per heavy atom. The molecule has 0 rings (SSSR count). The molecule has 8 N–H and O–H groups in total. The van der Waals surface area contributed by atoms with Crippen molar-refractivity contribution in [2.24, 2.45) is 11.7 Å². The number of carbonyl (C=O) groups excluding carboxylic acids is 3. The second-order valence-electron chi connectivity index (χ2n) is 7.61. The molecule has 0 spiro atoms. The number of nitrogens with two attached hydrogens (primary N) is 1. The normalized spacial score (nSPS) is 14.5. The summed E-state index contributed by atoms with van der Waals surface area (Å²) in [6, 6.07) is -5.22. The van der Waals surface area contributed by atoms with E-state index in [0.29, 0.717) is 5.75 Å². The van der Waals surface area contributed by atoms with Gasteiger partial charge in [0, 0.05) is 6.42 Å². The van der Waals surface area contributed by atoms with E-state index in [2.05, 4.69) is 16.0 Å². The lowest BCUT2D eigenvalue weighted by molar-refractivity contribution is -0.144. The summed E-state index contributed by atoms with van der Waals surface area (Å²) in [6.07, 6.45) is 0.420. The number of aliphatic carboxylic acids is 3. The number of hydrogen-bond acceptors (Lipinski definition) is 8. The van der Waals surface area contributed by atoms with Crippen molar-refractivity contribution in [3.05, 3.63) is 0 Å². The van der Waals surface area contributed by atoms with Gasteiger partial charge in [-0.1, -0.05) is 13.8 Å². The van der Waals surface area contributed by atoms with Gasteiger partial charge < -0.3 is 37.0 Å². The third kappa shape index (κ3) is 12.1. The van der Waals surface area contributed by atoms with Gasteiger partial charge in [-0.25, -0.2) is 4.79 Å². The first kappa shape index (κ1) is 30.1. The van der Waals surface area contributed by atoms with Crippen LogP contribution in [0.4, 0.5) is 0 Å². The smallest absolute Gasteiger partial charge is 0.326 e. The summed E-state index contributed by atoms with van der Waals surface area (Å²) >= 11 is 1.37. The summed E-state index contributed by atoms with van der Waals surface area (Å²) in [5.41, 5.74) is 5.52. The van der Waals surface area contributed by atoms with Crippen molar-refractivity contribution in [2.75, 3.05) is 12.0 Å². The molecule has 33 heavy (non-hydrogen) atoms. The van der Waals surface area contributed by atoms with Crippen molar-refractivity contribution in [1.82, 2.24) is 16.0 Å². The molecule has 0 saturated carbocycles. The minimum atomic E-state index is -1.40. The fourth-order valence-electron chi connectivity index (χ4n) is 2.64. The number of carboxylic acid groups (broad SMARTS) is 3. The summed E-state index contributed by atoms with van der Waals surface area (Å²) < 4.78 is 0. The minimum Gasteiger partial charge on any atom is -0.481 e. The maximum atomic E-state index is 12.8. The SMILES string of the molecule is CSCCC(NC(=O)C(N)CC(=O)O)C(=O)NC(CCC(=O)O)C(=O)NC(C(=O)O)C(C)C. The molecule has 14 heteroatoms. The van der Waals surface area contributed by atoms with Gasteiger partial charge in [-0.05, 0) is 30.8 Å². The van der Waals surface area contributed by atoms with Crippen molar-refractivity contribution < 1.29 is 44.1 Å². The van der Waals surface area contributed by atoms with E-state index in [1.165, 1.54) is 11.8 Å². The number of rotatable bonds is 16. The number of carboxylic acids is 3. The van der Waals surface area contributed by atoms with Gasteiger partial charge in [0.15, 0.2) is 0 Å². The summed E-state index contributed by atoms with van der Waals surface area (Å²) in [7, 11) is 0. The Hall–Kier alpha value is -2.87. The van der Waals surface area contributed by atoms with E-state index in [1.54, 1.807) is 20.1 Å². The molecule has 0 heterocycles. The molecule has 0 aromatic carbocycles. The molecule has 3 amide bonds. The Morgan fingerprint density at radius 2 is 1.33 bits per heavy atom. The lowest BCUT2D eigenvalue weighted by Crippen LogP contribution is -2.57. The summed E-state index contributed by atoms with van der Waals surface area (Å²) in [6.45, 7) is 3.14. The van der Waals surface area contributed by atoms with Crippen LogP contribution in [-0.2, 0) is 28.8 Å². The van der Waals surface area contributed by atoms with Crippen LogP contribution in [0.1, 0.15) is 39.5 Å². The van der Waals surface area contributed by atoms with Crippen LogP contribution in [0.15, 0.2) is 0 Å². The highest BCUT2D eigenvalue weighted by molar-refractivity contribution is 7.98. The monoisotopic (exact) mass is 492 g/mol. The third-order valence-electron chi connectivity index (χ3n) is 4.49. The highest BCUT2D eigenvalue weighted by atomic mass is 32.2. The van der Waals surface area contributed by atoms with Crippen LogP contribution in [0.25, 0.3) is 0 Å². The first-order valence-corrected chi connectivity index (χ1v) is 11.5. The molecule has 0 radical (unpaired) electrons. The van der Waals surface area contributed by atoms with E-state index in [9.17, 15) is 33.9 Å². The van der Waals surface area contributed by atoms with Crippen molar-refractivity contribution in [3.8, 4) is 0 Å². The predicted octanol–water partition coefficient (Wildman–Crippen LogP) is -1.40.